The van der Waals surface area contributed by atoms with Crippen LogP contribution in [0.5, 0.6) is 0 Å². The highest BCUT2D eigenvalue weighted by molar-refractivity contribution is 9.10. The molecule has 0 saturated carbocycles. The molecule has 2 aromatic rings. The molecule has 0 aliphatic heterocycles. The summed E-state index contributed by atoms with van der Waals surface area (Å²) in [6.45, 7) is 6.06. The van der Waals surface area contributed by atoms with Crippen LogP contribution in [0, 0.1) is 0 Å². The lowest BCUT2D eigenvalue weighted by atomic mass is 10.1. The molecule has 0 aliphatic carbocycles. The fraction of sp³-hybridized carbons (Fsp3) is 0.333. The summed E-state index contributed by atoms with van der Waals surface area (Å²) >= 11 is 3.11. The second-order valence-corrected chi connectivity index (χ2v) is 5.78. The molecule has 100 valence electrons. The molecule has 2 rings (SSSR count). The van der Waals surface area contributed by atoms with Gasteiger partial charge in [0, 0.05) is 6.07 Å². The summed E-state index contributed by atoms with van der Waals surface area (Å²) in [5, 5.41) is 11.6. The highest BCUT2D eigenvalue weighted by atomic mass is 79.9. The minimum Gasteiger partial charge on any atom is -0.352 e. The minimum absolute atomic E-state index is 0.140. The van der Waals surface area contributed by atoms with Gasteiger partial charge in [-0.1, -0.05) is 10.4 Å². The third-order valence-corrected chi connectivity index (χ3v) is 2.70. The lowest BCUT2D eigenvalue weighted by molar-refractivity contribution is 0.101. The Morgan fingerprint density at radius 1 is 1.47 bits per heavy atom. The predicted molar refractivity (Wildman–Crippen MR) is 72.6 cm³/mol. The Kier molecular flexibility index (Phi) is 3.66. The SMILES string of the molecule is CC(C)(C)n1cc(/C=C/C(=O)c2cc(Br)no2)nn1. The van der Waals surface area contributed by atoms with E-state index in [9.17, 15) is 4.79 Å². The molecule has 6 nitrogen and oxygen atoms in total. The molecule has 0 amide bonds. The van der Waals surface area contributed by atoms with Gasteiger partial charge in [-0.25, -0.2) is 4.68 Å². The van der Waals surface area contributed by atoms with Gasteiger partial charge in [-0.05, 0) is 48.9 Å². The number of carbonyl (C=O) groups excluding carboxylic acids is 1. The Labute approximate surface area is 118 Å². The first-order valence-electron chi connectivity index (χ1n) is 5.64. The Morgan fingerprint density at radius 2 is 2.21 bits per heavy atom. The van der Waals surface area contributed by atoms with Crippen molar-refractivity contribution in [1.29, 1.82) is 0 Å². The molecule has 2 aromatic heterocycles. The Bertz CT molecular complexity index is 622. The van der Waals surface area contributed by atoms with Gasteiger partial charge in [0.05, 0.1) is 11.7 Å². The number of allylic oxidation sites excluding steroid dienone is 1. The van der Waals surface area contributed by atoms with Gasteiger partial charge in [0.25, 0.3) is 0 Å². The van der Waals surface area contributed by atoms with Crippen molar-refractivity contribution in [3.05, 3.63) is 34.4 Å². The molecule has 0 radical (unpaired) electrons. The zero-order chi connectivity index (χ0) is 14.0. The zero-order valence-corrected chi connectivity index (χ0v) is 12.4. The van der Waals surface area contributed by atoms with Gasteiger partial charge in [0.2, 0.25) is 11.5 Å². The average Bonchev–Trinajstić information content (AvgIpc) is 2.93. The van der Waals surface area contributed by atoms with Crippen molar-refractivity contribution < 1.29 is 9.32 Å². The van der Waals surface area contributed by atoms with E-state index in [1.807, 2.05) is 20.8 Å². The Balaban J connectivity index is 2.11. The molecule has 0 N–H and O–H groups in total. The van der Waals surface area contributed by atoms with Gasteiger partial charge >= 0.3 is 0 Å². The lowest BCUT2D eigenvalue weighted by Crippen LogP contribution is -2.22. The first-order chi connectivity index (χ1) is 8.86. The topological polar surface area (TPSA) is 73.8 Å². The van der Waals surface area contributed by atoms with E-state index in [-0.39, 0.29) is 17.1 Å². The number of hydrogen-bond donors (Lipinski definition) is 0. The molecule has 0 atom stereocenters. The van der Waals surface area contributed by atoms with Crippen molar-refractivity contribution in [1.82, 2.24) is 20.2 Å². The summed E-state index contributed by atoms with van der Waals surface area (Å²) in [4.78, 5) is 11.7. The van der Waals surface area contributed by atoms with Crippen LogP contribution in [0.4, 0.5) is 0 Å². The van der Waals surface area contributed by atoms with E-state index in [4.69, 9.17) is 4.52 Å². The molecule has 0 fully saturated rings. The van der Waals surface area contributed by atoms with Crippen LogP contribution in [0.2, 0.25) is 0 Å². The van der Waals surface area contributed by atoms with Crippen LogP contribution in [0.3, 0.4) is 0 Å². The first kappa shape index (κ1) is 13.7. The molecule has 0 spiro atoms. The number of nitrogens with zero attached hydrogens (tertiary/aromatic N) is 4. The summed E-state index contributed by atoms with van der Waals surface area (Å²) in [6.07, 6.45) is 4.75. The number of rotatable bonds is 3. The number of carbonyl (C=O) groups is 1. The maximum atomic E-state index is 11.7. The van der Waals surface area contributed by atoms with E-state index >= 15 is 0 Å². The van der Waals surface area contributed by atoms with Crippen LogP contribution in [-0.4, -0.2) is 25.9 Å². The van der Waals surface area contributed by atoms with Crippen molar-refractivity contribution in [3.8, 4) is 0 Å². The van der Waals surface area contributed by atoms with Gasteiger partial charge in [-0.2, -0.15) is 0 Å². The highest BCUT2D eigenvalue weighted by Crippen LogP contribution is 2.13. The molecule has 0 aliphatic rings. The van der Waals surface area contributed by atoms with Crippen molar-refractivity contribution in [3.63, 3.8) is 0 Å². The molecule has 0 unspecified atom stereocenters. The third kappa shape index (κ3) is 3.37. The van der Waals surface area contributed by atoms with Crippen LogP contribution in [0.1, 0.15) is 37.0 Å². The normalized spacial score (nSPS) is 12.2. The van der Waals surface area contributed by atoms with Gasteiger partial charge < -0.3 is 4.52 Å². The Hall–Kier alpha value is -1.76. The van der Waals surface area contributed by atoms with E-state index < -0.39 is 0 Å². The van der Waals surface area contributed by atoms with Gasteiger partial charge in [0.1, 0.15) is 10.3 Å². The summed E-state index contributed by atoms with van der Waals surface area (Å²) in [5.41, 5.74) is 0.473. The van der Waals surface area contributed by atoms with Crippen molar-refractivity contribution in [2.24, 2.45) is 0 Å². The maximum Gasteiger partial charge on any atom is 0.223 e. The van der Waals surface area contributed by atoms with E-state index in [2.05, 4.69) is 31.4 Å². The number of aromatic nitrogens is 4. The summed E-state index contributed by atoms with van der Waals surface area (Å²) in [6, 6.07) is 1.51. The standard InChI is InChI=1S/C12H13BrN4O2/c1-12(2,3)17-7-8(14-16-17)4-5-9(18)10-6-11(13)15-19-10/h4-7H,1-3H3/b5-4+. The second kappa shape index (κ2) is 5.08. The quantitative estimate of drug-likeness (QED) is 0.641. The highest BCUT2D eigenvalue weighted by Gasteiger charge is 2.14. The summed E-state index contributed by atoms with van der Waals surface area (Å²) in [5.74, 6) is -0.102. The van der Waals surface area contributed by atoms with Crippen LogP contribution in [0.25, 0.3) is 6.08 Å². The molecule has 0 bridgehead atoms. The van der Waals surface area contributed by atoms with Crippen LogP contribution in [-0.2, 0) is 5.54 Å². The largest absolute Gasteiger partial charge is 0.352 e. The molecular formula is C12H13BrN4O2. The van der Waals surface area contributed by atoms with Crippen molar-refractivity contribution in [2.45, 2.75) is 26.3 Å². The van der Waals surface area contributed by atoms with Crippen molar-refractivity contribution >= 4 is 27.8 Å². The van der Waals surface area contributed by atoms with E-state index in [0.717, 1.165) is 0 Å². The monoisotopic (exact) mass is 324 g/mol. The van der Waals surface area contributed by atoms with Crippen molar-refractivity contribution in [2.75, 3.05) is 0 Å². The third-order valence-electron chi connectivity index (χ3n) is 2.33. The first-order valence-corrected chi connectivity index (χ1v) is 6.43. The number of hydrogen-bond acceptors (Lipinski definition) is 5. The zero-order valence-electron chi connectivity index (χ0n) is 10.8. The van der Waals surface area contributed by atoms with E-state index in [0.29, 0.717) is 10.3 Å². The van der Waals surface area contributed by atoms with Crippen LogP contribution in [0.15, 0.2) is 27.5 Å². The molecule has 7 heteroatoms. The summed E-state index contributed by atoms with van der Waals surface area (Å²) < 4.78 is 7.06. The lowest BCUT2D eigenvalue weighted by Gasteiger charge is -2.17. The summed E-state index contributed by atoms with van der Waals surface area (Å²) in [7, 11) is 0. The van der Waals surface area contributed by atoms with E-state index in [1.165, 1.54) is 12.1 Å². The molecule has 19 heavy (non-hydrogen) atoms. The van der Waals surface area contributed by atoms with Gasteiger partial charge in [-0.3, -0.25) is 4.79 Å². The second-order valence-electron chi connectivity index (χ2n) is 4.97. The van der Waals surface area contributed by atoms with Gasteiger partial charge in [-0.15, -0.1) is 5.10 Å². The van der Waals surface area contributed by atoms with Crippen LogP contribution >= 0.6 is 15.9 Å². The minimum atomic E-state index is -0.275. The predicted octanol–water partition coefficient (Wildman–Crippen LogP) is 2.68. The number of halogens is 1. The maximum absolute atomic E-state index is 11.7. The van der Waals surface area contributed by atoms with Gasteiger partial charge in [0.15, 0.2) is 0 Å². The Morgan fingerprint density at radius 3 is 2.74 bits per heavy atom. The molecule has 0 aromatic carbocycles. The smallest absolute Gasteiger partial charge is 0.223 e. The molecule has 0 saturated heterocycles. The average molecular weight is 325 g/mol. The molecule has 2 heterocycles. The number of ketones is 1. The van der Waals surface area contributed by atoms with E-state index in [1.54, 1.807) is 17.0 Å². The van der Waals surface area contributed by atoms with Crippen LogP contribution < -0.4 is 0 Å². The molecular weight excluding hydrogens is 312 g/mol. The fourth-order valence-corrected chi connectivity index (χ4v) is 1.57. The fourth-order valence-electron chi connectivity index (χ4n) is 1.29.